The molecule has 3 rings (SSSR count). The molecule has 2 heterocycles. The molecular weight excluding hydrogens is 298 g/mol. The van der Waals surface area contributed by atoms with Gasteiger partial charge in [0.2, 0.25) is 0 Å². The van der Waals surface area contributed by atoms with E-state index in [9.17, 15) is 0 Å². The second-order valence-corrected chi connectivity index (χ2v) is 6.66. The van der Waals surface area contributed by atoms with Crippen LogP contribution in [0.2, 0.25) is 5.02 Å². The van der Waals surface area contributed by atoms with E-state index < -0.39 is 0 Å². The van der Waals surface area contributed by atoms with Crippen LogP contribution in [0.5, 0.6) is 0 Å². The summed E-state index contributed by atoms with van der Waals surface area (Å²) >= 11 is 9.22. The van der Waals surface area contributed by atoms with Crippen molar-refractivity contribution in [3.05, 3.63) is 40.5 Å². The van der Waals surface area contributed by atoms with Crippen LogP contribution in [-0.2, 0) is 0 Å². The summed E-state index contributed by atoms with van der Waals surface area (Å²) in [5.41, 5.74) is 7.77. The molecule has 0 bridgehead atoms. The lowest BCUT2D eigenvalue weighted by molar-refractivity contribution is 1.13. The van der Waals surface area contributed by atoms with Crippen molar-refractivity contribution < 1.29 is 0 Å². The molecule has 0 amide bonds. The van der Waals surface area contributed by atoms with Crippen molar-refractivity contribution in [2.24, 2.45) is 0 Å². The topological polar surface area (TPSA) is 51.8 Å². The number of halogens is 1. The van der Waals surface area contributed by atoms with E-state index in [1.165, 1.54) is 11.8 Å². The standard InChI is InChI=1S/C13H10ClN3S2/c1-7-17-10-6-11(9(15)5-12(10)18-7)19-13-8(14)3-2-4-16-13/h2-6H,15H2,1H3. The zero-order valence-electron chi connectivity index (χ0n) is 10.1. The smallest absolute Gasteiger partial charge is 0.119 e. The van der Waals surface area contributed by atoms with Crippen LogP contribution in [0.4, 0.5) is 5.69 Å². The highest BCUT2D eigenvalue weighted by molar-refractivity contribution is 7.99. The molecule has 0 radical (unpaired) electrons. The number of pyridine rings is 1. The molecule has 6 heteroatoms. The minimum atomic E-state index is 0.626. The molecule has 0 atom stereocenters. The van der Waals surface area contributed by atoms with Crippen molar-refractivity contribution in [1.82, 2.24) is 9.97 Å². The SMILES string of the molecule is Cc1nc2cc(Sc3ncccc3Cl)c(N)cc2s1. The summed E-state index contributed by atoms with van der Waals surface area (Å²) < 4.78 is 1.10. The molecule has 1 aromatic carbocycles. The van der Waals surface area contributed by atoms with E-state index in [-0.39, 0.29) is 0 Å². The molecule has 0 unspecified atom stereocenters. The molecule has 0 saturated heterocycles. The second-order valence-electron chi connectivity index (χ2n) is 3.98. The first kappa shape index (κ1) is 12.7. The van der Waals surface area contributed by atoms with Crippen LogP contribution in [0.25, 0.3) is 10.2 Å². The Labute approximate surface area is 123 Å². The average molecular weight is 308 g/mol. The number of hydrogen-bond acceptors (Lipinski definition) is 5. The Kier molecular flexibility index (Phi) is 3.35. The average Bonchev–Trinajstić information content (AvgIpc) is 2.71. The van der Waals surface area contributed by atoms with Crippen LogP contribution < -0.4 is 5.73 Å². The van der Waals surface area contributed by atoms with E-state index in [0.29, 0.717) is 5.02 Å². The Morgan fingerprint density at radius 1 is 1.37 bits per heavy atom. The number of rotatable bonds is 2. The van der Waals surface area contributed by atoms with Gasteiger partial charge in [0, 0.05) is 16.8 Å². The number of benzene rings is 1. The molecule has 2 aromatic heterocycles. The zero-order chi connectivity index (χ0) is 13.4. The van der Waals surface area contributed by atoms with Gasteiger partial charge in [-0.05, 0) is 31.2 Å². The molecule has 3 aromatic rings. The van der Waals surface area contributed by atoms with Gasteiger partial charge < -0.3 is 5.73 Å². The molecule has 0 aliphatic rings. The molecule has 0 fully saturated rings. The second kappa shape index (κ2) is 5.00. The lowest BCUT2D eigenvalue weighted by Gasteiger charge is -2.05. The van der Waals surface area contributed by atoms with Gasteiger partial charge in [0.15, 0.2) is 0 Å². The van der Waals surface area contributed by atoms with E-state index in [1.54, 1.807) is 17.5 Å². The highest BCUT2D eigenvalue weighted by atomic mass is 35.5. The maximum absolute atomic E-state index is 6.11. The van der Waals surface area contributed by atoms with Crippen molar-refractivity contribution in [2.45, 2.75) is 16.8 Å². The predicted octanol–water partition coefficient (Wildman–Crippen LogP) is 4.39. The van der Waals surface area contributed by atoms with Gasteiger partial charge in [-0.15, -0.1) is 11.3 Å². The summed E-state index contributed by atoms with van der Waals surface area (Å²) in [7, 11) is 0. The molecule has 3 nitrogen and oxygen atoms in total. The highest BCUT2D eigenvalue weighted by Gasteiger charge is 2.10. The molecule has 0 aliphatic heterocycles. The van der Waals surface area contributed by atoms with E-state index in [1.807, 2.05) is 31.2 Å². The predicted molar refractivity (Wildman–Crippen MR) is 82.1 cm³/mol. The van der Waals surface area contributed by atoms with Crippen LogP contribution >= 0.6 is 34.7 Å². The normalized spacial score (nSPS) is 11.1. The van der Waals surface area contributed by atoms with Crippen LogP contribution in [0.15, 0.2) is 40.4 Å². The number of aryl methyl sites for hydroxylation is 1. The van der Waals surface area contributed by atoms with Crippen molar-refractivity contribution in [3.8, 4) is 0 Å². The van der Waals surface area contributed by atoms with Gasteiger partial charge in [-0.25, -0.2) is 9.97 Å². The molecule has 96 valence electrons. The summed E-state index contributed by atoms with van der Waals surface area (Å²) in [6.45, 7) is 1.99. The van der Waals surface area contributed by atoms with E-state index in [0.717, 1.165) is 30.8 Å². The monoisotopic (exact) mass is 307 g/mol. The zero-order valence-corrected chi connectivity index (χ0v) is 12.4. The number of nitrogen functional groups attached to an aromatic ring is 1. The van der Waals surface area contributed by atoms with Gasteiger partial charge in [0.05, 0.1) is 20.2 Å². The fraction of sp³-hybridized carbons (Fsp3) is 0.0769. The minimum absolute atomic E-state index is 0.626. The molecule has 0 saturated carbocycles. The van der Waals surface area contributed by atoms with Gasteiger partial charge in [-0.2, -0.15) is 0 Å². The van der Waals surface area contributed by atoms with Gasteiger partial charge in [0.1, 0.15) is 5.03 Å². The third kappa shape index (κ3) is 2.54. The summed E-state index contributed by atoms with van der Waals surface area (Å²) in [6, 6.07) is 7.57. The van der Waals surface area contributed by atoms with Gasteiger partial charge in [0.25, 0.3) is 0 Å². The van der Waals surface area contributed by atoms with Crippen molar-refractivity contribution in [2.75, 3.05) is 5.73 Å². The summed E-state index contributed by atoms with van der Waals surface area (Å²) in [5.74, 6) is 0. The fourth-order valence-corrected chi connectivity index (χ4v) is 3.65. The summed E-state index contributed by atoms with van der Waals surface area (Å²) in [5, 5.41) is 2.41. The first-order valence-corrected chi connectivity index (χ1v) is 7.59. The van der Waals surface area contributed by atoms with E-state index in [4.69, 9.17) is 17.3 Å². The fourth-order valence-electron chi connectivity index (χ4n) is 1.72. The van der Waals surface area contributed by atoms with Crippen LogP contribution in [0.3, 0.4) is 0 Å². The van der Waals surface area contributed by atoms with Crippen LogP contribution in [0, 0.1) is 6.92 Å². The lowest BCUT2D eigenvalue weighted by atomic mass is 10.3. The van der Waals surface area contributed by atoms with Crippen LogP contribution in [-0.4, -0.2) is 9.97 Å². The first-order chi connectivity index (χ1) is 9.13. The lowest BCUT2D eigenvalue weighted by Crippen LogP contribution is -1.89. The molecule has 2 N–H and O–H groups in total. The molecule has 0 aliphatic carbocycles. The quantitative estimate of drug-likeness (QED) is 0.714. The van der Waals surface area contributed by atoms with Crippen molar-refractivity contribution in [3.63, 3.8) is 0 Å². The highest BCUT2D eigenvalue weighted by Crippen LogP contribution is 2.37. The number of aromatic nitrogens is 2. The summed E-state index contributed by atoms with van der Waals surface area (Å²) in [6.07, 6.45) is 1.72. The first-order valence-electron chi connectivity index (χ1n) is 5.58. The number of hydrogen-bond donors (Lipinski definition) is 1. The Balaban J connectivity index is 2.05. The maximum Gasteiger partial charge on any atom is 0.119 e. The Morgan fingerprint density at radius 2 is 2.21 bits per heavy atom. The van der Waals surface area contributed by atoms with Gasteiger partial charge in [-0.1, -0.05) is 23.4 Å². The Bertz CT molecular complexity index is 755. The largest absolute Gasteiger partial charge is 0.398 e. The van der Waals surface area contributed by atoms with Crippen molar-refractivity contribution >= 4 is 50.6 Å². The Hall–Kier alpha value is -1.30. The van der Waals surface area contributed by atoms with Crippen LogP contribution in [0.1, 0.15) is 5.01 Å². The van der Waals surface area contributed by atoms with Crippen molar-refractivity contribution in [1.29, 1.82) is 0 Å². The molecule has 0 spiro atoms. The molecule has 19 heavy (non-hydrogen) atoms. The number of thiazole rings is 1. The number of anilines is 1. The Morgan fingerprint density at radius 3 is 3.00 bits per heavy atom. The maximum atomic E-state index is 6.11. The molecular formula is C13H10ClN3S2. The van der Waals surface area contributed by atoms with Gasteiger partial charge in [-0.3, -0.25) is 0 Å². The third-order valence-electron chi connectivity index (χ3n) is 2.56. The number of nitrogens with zero attached hydrogens (tertiary/aromatic N) is 2. The van der Waals surface area contributed by atoms with Gasteiger partial charge >= 0.3 is 0 Å². The number of nitrogens with two attached hydrogens (primary N) is 1. The van der Waals surface area contributed by atoms with E-state index >= 15 is 0 Å². The third-order valence-corrected chi connectivity index (χ3v) is 5.00. The minimum Gasteiger partial charge on any atom is -0.398 e. The summed E-state index contributed by atoms with van der Waals surface area (Å²) in [4.78, 5) is 9.66. The van der Waals surface area contributed by atoms with E-state index in [2.05, 4.69) is 9.97 Å². The number of fused-ring (bicyclic) bond motifs is 1.